The number of rotatable bonds is 5. The highest BCUT2D eigenvalue weighted by Gasteiger charge is 2.12. The molecule has 0 atom stereocenters. The topological polar surface area (TPSA) is 42.2 Å². The van der Waals surface area contributed by atoms with Crippen LogP contribution in [0.1, 0.15) is 16.8 Å². The maximum absolute atomic E-state index is 13.6. The normalized spacial score (nSPS) is 11.2. The molecular weight excluding hydrogens is 346 g/mol. The summed E-state index contributed by atoms with van der Waals surface area (Å²) in [5, 5.41) is 8.81. The Kier molecular flexibility index (Phi) is 5.09. The summed E-state index contributed by atoms with van der Waals surface area (Å²) in [7, 11) is 0. The minimum absolute atomic E-state index is 0.0723. The van der Waals surface area contributed by atoms with Crippen molar-refractivity contribution >= 4 is 23.5 Å². The van der Waals surface area contributed by atoms with Crippen molar-refractivity contribution in [2.75, 3.05) is 5.43 Å². The summed E-state index contributed by atoms with van der Waals surface area (Å²) < 4.78 is 28.1. The molecule has 0 aliphatic rings. The van der Waals surface area contributed by atoms with Gasteiger partial charge in [0.05, 0.1) is 29.7 Å². The molecule has 1 aromatic heterocycles. The van der Waals surface area contributed by atoms with Crippen LogP contribution < -0.4 is 5.43 Å². The minimum atomic E-state index is -0.722. The quantitative estimate of drug-likeness (QED) is 0.533. The van der Waals surface area contributed by atoms with Crippen LogP contribution in [0.25, 0.3) is 0 Å². The Bertz CT molecular complexity index is 907. The van der Waals surface area contributed by atoms with Crippen molar-refractivity contribution in [2.24, 2.45) is 5.10 Å². The average Bonchev–Trinajstić information content (AvgIpc) is 2.85. The summed E-state index contributed by atoms with van der Waals surface area (Å²) >= 11 is 6.37. The van der Waals surface area contributed by atoms with Gasteiger partial charge in [-0.15, -0.1) is 0 Å². The van der Waals surface area contributed by atoms with E-state index in [-0.39, 0.29) is 5.69 Å². The van der Waals surface area contributed by atoms with Crippen molar-refractivity contribution in [1.29, 1.82) is 0 Å². The number of aromatic nitrogens is 2. The van der Waals surface area contributed by atoms with Crippen LogP contribution in [0.4, 0.5) is 14.5 Å². The Morgan fingerprint density at radius 1 is 1.20 bits per heavy atom. The molecule has 128 valence electrons. The molecule has 7 heteroatoms. The van der Waals surface area contributed by atoms with Crippen LogP contribution in [0.5, 0.6) is 0 Å². The average molecular weight is 361 g/mol. The molecule has 3 aromatic rings. The van der Waals surface area contributed by atoms with Crippen LogP contribution >= 0.6 is 11.6 Å². The molecule has 0 saturated heterocycles. The van der Waals surface area contributed by atoms with Gasteiger partial charge in [-0.05, 0) is 24.6 Å². The second-order valence-electron chi connectivity index (χ2n) is 5.43. The van der Waals surface area contributed by atoms with Gasteiger partial charge in [0.2, 0.25) is 0 Å². The summed E-state index contributed by atoms with van der Waals surface area (Å²) in [6.45, 7) is 2.35. The number of benzene rings is 2. The molecule has 0 unspecified atom stereocenters. The molecule has 0 aliphatic carbocycles. The van der Waals surface area contributed by atoms with E-state index in [2.05, 4.69) is 15.6 Å². The van der Waals surface area contributed by atoms with Gasteiger partial charge < -0.3 is 0 Å². The zero-order valence-corrected chi connectivity index (χ0v) is 14.1. The fourth-order valence-corrected chi connectivity index (χ4v) is 2.60. The lowest BCUT2D eigenvalue weighted by Gasteiger charge is -2.03. The van der Waals surface area contributed by atoms with E-state index in [1.807, 2.05) is 37.3 Å². The Morgan fingerprint density at radius 2 is 1.96 bits per heavy atom. The molecule has 0 saturated carbocycles. The van der Waals surface area contributed by atoms with E-state index in [4.69, 9.17) is 11.6 Å². The van der Waals surface area contributed by atoms with Gasteiger partial charge in [0.1, 0.15) is 11.0 Å². The smallest absolute Gasteiger partial charge is 0.151 e. The van der Waals surface area contributed by atoms with E-state index < -0.39 is 11.6 Å². The highest BCUT2D eigenvalue weighted by atomic mass is 35.5. The molecular formula is C18H15ClF2N4. The third-order valence-electron chi connectivity index (χ3n) is 3.59. The van der Waals surface area contributed by atoms with Crippen LogP contribution in [0, 0.1) is 18.6 Å². The summed E-state index contributed by atoms with van der Waals surface area (Å²) in [6, 6.07) is 13.0. The molecule has 25 heavy (non-hydrogen) atoms. The maximum Gasteiger partial charge on any atom is 0.151 e. The summed E-state index contributed by atoms with van der Waals surface area (Å²) in [4.78, 5) is 0. The van der Waals surface area contributed by atoms with Crippen molar-refractivity contribution in [2.45, 2.75) is 13.5 Å². The molecule has 2 aromatic carbocycles. The van der Waals surface area contributed by atoms with E-state index in [0.29, 0.717) is 23.0 Å². The molecule has 0 aliphatic heterocycles. The SMILES string of the molecule is Cc1nn(Cc2ccccc2)c(Cl)c1/C=N/Nc1ccc(F)cc1F. The predicted octanol–water partition coefficient (Wildman–Crippen LogP) is 4.62. The Balaban J connectivity index is 1.76. The van der Waals surface area contributed by atoms with Gasteiger partial charge in [-0.1, -0.05) is 41.9 Å². The number of halogens is 3. The Morgan fingerprint density at radius 3 is 2.68 bits per heavy atom. The monoisotopic (exact) mass is 360 g/mol. The zero-order chi connectivity index (χ0) is 17.8. The van der Waals surface area contributed by atoms with Gasteiger partial charge in [-0.3, -0.25) is 5.43 Å². The second-order valence-corrected chi connectivity index (χ2v) is 5.79. The number of aryl methyl sites for hydroxylation is 1. The minimum Gasteiger partial charge on any atom is -0.276 e. The first-order valence-electron chi connectivity index (χ1n) is 7.55. The number of hydrogen-bond donors (Lipinski definition) is 1. The number of nitrogens with one attached hydrogen (secondary N) is 1. The third-order valence-corrected chi connectivity index (χ3v) is 3.99. The number of nitrogens with zero attached hydrogens (tertiary/aromatic N) is 3. The number of hydrazone groups is 1. The molecule has 0 fully saturated rings. The van der Waals surface area contributed by atoms with Crippen LogP contribution in [-0.2, 0) is 6.54 Å². The molecule has 1 N–H and O–H groups in total. The first-order valence-corrected chi connectivity index (χ1v) is 7.93. The number of anilines is 1. The van der Waals surface area contributed by atoms with Crippen LogP contribution in [0.15, 0.2) is 53.6 Å². The lowest BCUT2D eigenvalue weighted by Crippen LogP contribution is -2.02. The standard InChI is InChI=1S/C18H15ClF2N4/c1-12-15(10-22-23-17-8-7-14(20)9-16(17)21)18(19)25(24-12)11-13-5-3-2-4-6-13/h2-10,23H,11H2,1H3/b22-10+. The van der Waals surface area contributed by atoms with Crippen molar-refractivity contribution in [3.8, 4) is 0 Å². The van der Waals surface area contributed by atoms with Crippen LogP contribution in [0.2, 0.25) is 5.15 Å². The Hall–Kier alpha value is -2.73. The maximum atomic E-state index is 13.6. The fraction of sp³-hybridized carbons (Fsp3) is 0.111. The van der Waals surface area contributed by atoms with Crippen molar-refractivity contribution < 1.29 is 8.78 Å². The molecule has 0 radical (unpaired) electrons. The third kappa shape index (κ3) is 4.03. The van der Waals surface area contributed by atoms with Gasteiger partial charge in [0, 0.05) is 6.07 Å². The highest BCUT2D eigenvalue weighted by molar-refractivity contribution is 6.32. The van der Waals surface area contributed by atoms with Gasteiger partial charge in [0.15, 0.2) is 5.82 Å². The van der Waals surface area contributed by atoms with E-state index in [1.165, 1.54) is 12.3 Å². The van der Waals surface area contributed by atoms with Gasteiger partial charge >= 0.3 is 0 Å². The summed E-state index contributed by atoms with van der Waals surface area (Å²) in [6.07, 6.45) is 1.47. The lowest BCUT2D eigenvalue weighted by molar-refractivity contribution is 0.585. The fourth-order valence-electron chi connectivity index (χ4n) is 2.32. The molecule has 4 nitrogen and oxygen atoms in total. The van der Waals surface area contributed by atoms with Crippen molar-refractivity contribution in [3.63, 3.8) is 0 Å². The van der Waals surface area contributed by atoms with Gasteiger partial charge in [-0.2, -0.15) is 10.2 Å². The summed E-state index contributed by atoms with van der Waals surface area (Å²) in [5.41, 5.74) is 5.01. The van der Waals surface area contributed by atoms with Crippen molar-refractivity contribution in [1.82, 2.24) is 9.78 Å². The van der Waals surface area contributed by atoms with Crippen molar-refractivity contribution in [3.05, 3.63) is 82.1 Å². The van der Waals surface area contributed by atoms with E-state index in [0.717, 1.165) is 17.7 Å². The number of hydrogen-bond acceptors (Lipinski definition) is 3. The van der Waals surface area contributed by atoms with Crippen LogP contribution in [-0.4, -0.2) is 16.0 Å². The summed E-state index contributed by atoms with van der Waals surface area (Å²) in [5.74, 6) is -1.37. The van der Waals surface area contributed by atoms with E-state index in [9.17, 15) is 8.78 Å². The van der Waals surface area contributed by atoms with Gasteiger partial charge in [0.25, 0.3) is 0 Å². The zero-order valence-electron chi connectivity index (χ0n) is 13.4. The van der Waals surface area contributed by atoms with E-state index in [1.54, 1.807) is 4.68 Å². The second kappa shape index (κ2) is 7.44. The largest absolute Gasteiger partial charge is 0.276 e. The molecule has 0 bridgehead atoms. The molecule has 0 spiro atoms. The predicted molar refractivity (Wildman–Crippen MR) is 95.1 cm³/mol. The van der Waals surface area contributed by atoms with Crippen LogP contribution in [0.3, 0.4) is 0 Å². The first-order chi connectivity index (χ1) is 12.0. The molecule has 3 rings (SSSR count). The highest BCUT2D eigenvalue weighted by Crippen LogP contribution is 2.20. The lowest BCUT2D eigenvalue weighted by atomic mass is 10.2. The first kappa shape index (κ1) is 17.1. The van der Waals surface area contributed by atoms with Gasteiger partial charge in [-0.25, -0.2) is 13.5 Å². The molecule has 0 amide bonds. The van der Waals surface area contributed by atoms with E-state index >= 15 is 0 Å². The molecule has 1 heterocycles. The Labute approximate surface area is 148 Å².